The Hall–Kier alpha value is -3.86. The van der Waals surface area contributed by atoms with Gasteiger partial charge in [-0.05, 0) is 62.6 Å². The lowest BCUT2D eigenvalue weighted by Gasteiger charge is -2.33. The molecule has 0 aromatic heterocycles. The van der Waals surface area contributed by atoms with Crippen LogP contribution in [0.15, 0.2) is 77.7 Å². The molecule has 0 fully saturated rings. The molecule has 2 amide bonds. The molecule has 0 aliphatic carbocycles. The lowest BCUT2D eigenvalue weighted by Crippen LogP contribution is -2.52. The third-order valence-corrected chi connectivity index (χ3v) is 8.51. The van der Waals surface area contributed by atoms with E-state index in [1.807, 2.05) is 32.0 Å². The van der Waals surface area contributed by atoms with Gasteiger partial charge in [0.25, 0.3) is 10.0 Å². The van der Waals surface area contributed by atoms with Crippen molar-refractivity contribution in [1.82, 2.24) is 10.2 Å². The second-order valence-electron chi connectivity index (χ2n) is 10.1. The molecule has 0 unspecified atom stereocenters. The van der Waals surface area contributed by atoms with Gasteiger partial charge in [-0.2, -0.15) is 13.2 Å². The number of nitrogens with one attached hydrogen (secondary N) is 1. The zero-order valence-corrected chi connectivity index (χ0v) is 24.9. The first kappa shape index (κ1) is 32.7. The van der Waals surface area contributed by atoms with Crippen LogP contribution in [-0.2, 0) is 32.3 Å². The third kappa shape index (κ3) is 8.12. The van der Waals surface area contributed by atoms with Crippen LogP contribution in [0.4, 0.5) is 18.9 Å². The Kier molecular flexibility index (Phi) is 10.8. The van der Waals surface area contributed by atoms with E-state index < -0.39 is 46.2 Å². The van der Waals surface area contributed by atoms with Crippen LogP contribution in [0.3, 0.4) is 0 Å². The molecule has 0 radical (unpaired) electrons. The molecule has 0 spiro atoms. The quantitative estimate of drug-likeness (QED) is 0.281. The van der Waals surface area contributed by atoms with Crippen LogP contribution >= 0.6 is 0 Å². The number of anilines is 1. The number of carbonyl (C=O) groups is 2. The summed E-state index contributed by atoms with van der Waals surface area (Å²) in [6.45, 7) is 6.84. The van der Waals surface area contributed by atoms with Crippen molar-refractivity contribution in [3.63, 3.8) is 0 Å². The molecule has 0 heterocycles. The van der Waals surface area contributed by atoms with Crippen LogP contribution in [0.25, 0.3) is 0 Å². The SMILES string of the molecule is CCCNC(=O)[C@H](CC)N(Cc1cccc(C)c1)C(=O)CN(c1cccc(C(F)(F)F)c1)S(=O)(=O)c1ccc(C)cc1. The predicted octanol–water partition coefficient (Wildman–Crippen LogP) is 5.85. The molecule has 0 saturated carbocycles. The summed E-state index contributed by atoms with van der Waals surface area (Å²) in [5, 5.41) is 2.80. The summed E-state index contributed by atoms with van der Waals surface area (Å²) in [5.74, 6) is -1.13. The van der Waals surface area contributed by atoms with Crippen LogP contribution in [0.5, 0.6) is 0 Å². The summed E-state index contributed by atoms with van der Waals surface area (Å²) in [5.41, 5.74) is 1.05. The number of alkyl halides is 3. The highest BCUT2D eigenvalue weighted by Crippen LogP contribution is 2.33. The van der Waals surface area contributed by atoms with Gasteiger partial charge in [0.15, 0.2) is 0 Å². The summed E-state index contributed by atoms with van der Waals surface area (Å²) in [4.78, 5) is 28.3. The molecule has 42 heavy (non-hydrogen) atoms. The van der Waals surface area contributed by atoms with Crippen LogP contribution < -0.4 is 9.62 Å². The molecule has 3 aromatic carbocycles. The Labute approximate surface area is 245 Å². The average Bonchev–Trinajstić information content (AvgIpc) is 2.94. The fraction of sp³-hybridized carbons (Fsp3) is 0.355. The Morgan fingerprint density at radius 3 is 2.17 bits per heavy atom. The number of carbonyl (C=O) groups excluding carboxylic acids is 2. The van der Waals surface area contributed by atoms with E-state index in [-0.39, 0.29) is 23.5 Å². The molecule has 226 valence electrons. The van der Waals surface area contributed by atoms with Crippen LogP contribution in [-0.4, -0.2) is 44.3 Å². The highest BCUT2D eigenvalue weighted by molar-refractivity contribution is 7.92. The van der Waals surface area contributed by atoms with Gasteiger partial charge in [0.2, 0.25) is 11.8 Å². The Bertz CT molecular complexity index is 1490. The highest BCUT2D eigenvalue weighted by atomic mass is 32.2. The zero-order valence-electron chi connectivity index (χ0n) is 24.1. The second-order valence-corrected chi connectivity index (χ2v) is 12.0. The maximum absolute atomic E-state index is 14.0. The van der Waals surface area contributed by atoms with E-state index in [4.69, 9.17) is 0 Å². The zero-order chi connectivity index (χ0) is 31.1. The Morgan fingerprint density at radius 1 is 0.905 bits per heavy atom. The maximum atomic E-state index is 14.0. The number of amides is 2. The van der Waals surface area contributed by atoms with Crippen molar-refractivity contribution < 1.29 is 31.2 Å². The van der Waals surface area contributed by atoms with E-state index >= 15 is 0 Å². The smallest absolute Gasteiger partial charge is 0.354 e. The van der Waals surface area contributed by atoms with Crippen LogP contribution in [0, 0.1) is 13.8 Å². The largest absolute Gasteiger partial charge is 0.416 e. The van der Waals surface area contributed by atoms with Gasteiger partial charge >= 0.3 is 6.18 Å². The summed E-state index contributed by atoms with van der Waals surface area (Å²) >= 11 is 0. The van der Waals surface area contributed by atoms with E-state index in [0.717, 1.165) is 28.8 Å². The van der Waals surface area contributed by atoms with E-state index in [1.165, 1.54) is 23.1 Å². The first-order valence-corrected chi connectivity index (χ1v) is 15.1. The highest BCUT2D eigenvalue weighted by Gasteiger charge is 2.36. The van der Waals surface area contributed by atoms with Crippen LogP contribution in [0.1, 0.15) is 48.9 Å². The number of sulfonamides is 1. The Balaban J connectivity index is 2.11. The summed E-state index contributed by atoms with van der Waals surface area (Å²) in [6, 6.07) is 16.0. The maximum Gasteiger partial charge on any atom is 0.416 e. The van der Waals surface area contributed by atoms with E-state index in [9.17, 15) is 31.2 Å². The standard InChI is InChI=1S/C31H36F3N3O4S/c1-5-17-35-30(39)28(6-2)36(20-24-10-7-9-23(4)18-24)29(38)21-37(26-12-8-11-25(19-26)31(32,33)34)42(40,41)27-15-13-22(3)14-16-27/h7-16,18-19,28H,5-6,17,20-21H2,1-4H3,(H,35,39)/t28-/m0/s1. The van der Waals surface area contributed by atoms with Gasteiger partial charge in [0.1, 0.15) is 12.6 Å². The number of nitrogens with zero attached hydrogens (tertiary/aromatic N) is 2. The van der Waals surface area contributed by atoms with Gasteiger partial charge in [0.05, 0.1) is 16.1 Å². The van der Waals surface area contributed by atoms with Gasteiger partial charge in [-0.25, -0.2) is 8.42 Å². The van der Waals surface area contributed by atoms with E-state index in [2.05, 4.69) is 5.32 Å². The minimum absolute atomic E-state index is 0.000422. The van der Waals surface area contributed by atoms with Gasteiger partial charge in [-0.1, -0.05) is 67.4 Å². The minimum Gasteiger partial charge on any atom is -0.354 e. The first-order chi connectivity index (χ1) is 19.8. The van der Waals surface area contributed by atoms with Crippen molar-refractivity contribution in [3.8, 4) is 0 Å². The monoisotopic (exact) mass is 603 g/mol. The fourth-order valence-electron chi connectivity index (χ4n) is 4.50. The molecule has 0 saturated heterocycles. The molecule has 3 aromatic rings. The summed E-state index contributed by atoms with van der Waals surface area (Å²) in [7, 11) is -4.49. The fourth-order valence-corrected chi connectivity index (χ4v) is 5.90. The van der Waals surface area contributed by atoms with E-state index in [1.54, 1.807) is 32.0 Å². The first-order valence-electron chi connectivity index (χ1n) is 13.7. The topological polar surface area (TPSA) is 86.8 Å². The number of halogens is 3. The normalized spacial score (nSPS) is 12.5. The van der Waals surface area contributed by atoms with Gasteiger partial charge in [-0.3, -0.25) is 13.9 Å². The number of benzene rings is 3. The van der Waals surface area contributed by atoms with Crippen molar-refractivity contribution in [2.45, 2.75) is 64.2 Å². The van der Waals surface area contributed by atoms with Crippen molar-refractivity contribution in [2.75, 3.05) is 17.4 Å². The lowest BCUT2D eigenvalue weighted by molar-refractivity contribution is -0.140. The molecule has 0 aliphatic rings. The average molecular weight is 604 g/mol. The molecule has 1 N–H and O–H groups in total. The number of hydrogen-bond acceptors (Lipinski definition) is 4. The molecule has 0 bridgehead atoms. The molecule has 7 nitrogen and oxygen atoms in total. The van der Waals surface area contributed by atoms with E-state index in [0.29, 0.717) is 23.3 Å². The van der Waals surface area contributed by atoms with Crippen molar-refractivity contribution >= 4 is 27.5 Å². The summed E-state index contributed by atoms with van der Waals surface area (Å²) in [6.07, 6.45) is -3.82. The van der Waals surface area contributed by atoms with Crippen molar-refractivity contribution in [3.05, 3.63) is 95.1 Å². The second kappa shape index (κ2) is 13.9. The molecular weight excluding hydrogens is 567 g/mol. The molecule has 1 atom stereocenters. The molecule has 3 rings (SSSR count). The number of rotatable bonds is 12. The molecular formula is C31H36F3N3O4S. The molecule has 0 aliphatic heterocycles. The van der Waals surface area contributed by atoms with Crippen molar-refractivity contribution in [2.24, 2.45) is 0 Å². The predicted molar refractivity (Wildman–Crippen MR) is 156 cm³/mol. The molecule has 11 heteroatoms. The van der Waals surface area contributed by atoms with Gasteiger partial charge in [-0.15, -0.1) is 0 Å². The van der Waals surface area contributed by atoms with Gasteiger partial charge < -0.3 is 10.2 Å². The van der Waals surface area contributed by atoms with Crippen LogP contribution in [0.2, 0.25) is 0 Å². The number of hydrogen-bond donors (Lipinski definition) is 1. The lowest BCUT2D eigenvalue weighted by atomic mass is 10.1. The Morgan fingerprint density at radius 2 is 1.57 bits per heavy atom. The summed E-state index contributed by atoms with van der Waals surface area (Å²) < 4.78 is 69.3. The number of aryl methyl sites for hydroxylation is 2. The third-order valence-electron chi connectivity index (χ3n) is 6.72. The van der Waals surface area contributed by atoms with Crippen molar-refractivity contribution in [1.29, 1.82) is 0 Å². The van der Waals surface area contributed by atoms with Gasteiger partial charge in [0, 0.05) is 13.1 Å². The minimum atomic E-state index is -4.73.